The fourth-order valence-corrected chi connectivity index (χ4v) is 2.71. The molecule has 1 fully saturated rings. The number of nitrogens with zero attached hydrogens (tertiary/aromatic N) is 1. The summed E-state index contributed by atoms with van der Waals surface area (Å²) in [5, 5.41) is 1.05. The van der Waals surface area contributed by atoms with E-state index >= 15 is 0 Å². The number of carbonyl (C=O) groups is 1. The second-order valence-electron chi connectivity index (χ2n) is 4.95. The monoisotopic (exact) mass is 243 g/mol. The molecule has 2 heterocycles. The first-order valence-corrected chi connectivity index (χ1v) is 6.43. The summed E-state index contributed by atoms with van der Waals surface area (Å²) >= 11 is 0. The summed E-state index contributed by atoms with van der Waals surface area (Å²) in [4.78, 5) is 12.5. The molecule has 0 spiro atoms. The molecule has 1 atom stereocenters. The molecule has 1 aliphatic heterocycles. The van der Waals surface area contributed by atoms with E-state index < -0.39 is 0 Å². The second-order valence-corrected chi connectivity index (χ2v) is 4.95. The summed E-state index contributed by atoms with van der Waals surface area (Å²) < 4.78 is 7.44. The quantitative estimate of drug-likeness (QED) is 0.759. The molecular weight excluding hydrogens is 226 g/mol. The maximum Gasteiger partial charge on any atom is 0.170 e. The first-order valence-electron chi connectivity index (χ1n) is 6.43. The van der Waals surface area contributed by atoms with Crippen molar-refractivity contribution in [2.75, 3.05) is 13.2 Å². The number of rotatable bonds is 2. The Kier molecular flexibility index (Phi) is 2.92. The predicted octanol–water partition coefficient (Wildman–Crippen LogP) is 2.79. The number of benzene rings is 1. The molecule has 1 aliphatic rings. The first kappa shape index (κ1) is 11.5. The van der Waals surface area contributed by atoms with Gasteiger partial charge in [0.25, 0.3) is 0 Å². The summed E-state index contributed by atoms with van der Waals surface area (Å²) in [5.41, 5.74) is 1.95. The Balaban J connectivity index is 2.00. The minimum Gasteiger partial charge on any atom is -0.381 e. The van der Waals surface area contributed by atoms with Crippen LogP contribution in [-0.4, -0.2) is 23.6 Å². The van der Waals surface area contributed by atoms with Crippen LogP contribution in [0.3, 0.4) is 0 Å². The molecule has 0 saturated carbocycles. The summed E-state index contributed by atoms with van der Waals surface area (Å²) in [7, 11) is 1.98. The molecule has 0 N–H and O–H groups in total. The van der Waals surface area contributed by atoms with Crippen molar-refractivity contribution in [2.45, 2.75) is 12.8 Å². The van der Waals surface area contributed by atoms with Gasteiger partial charge in [-0.1, -0.05) is 18.2 Å². The van der Waals surface area contributed by atoms with E-state index in [9.17, 15) is 4.79 Å². The number of fused-ring (bicyclic) bond motifs is 1. The predicted molar refractivity (Wildman–Crippen MR) is 70.8 cm³/mol. The number of ketones is 1. The van der Waals surface area contributed by atoms with E-state index in [0.717, 1.165) is 35.9 Å². The van der Waals surface area contributed by atoms with Crippen molar-refractivity contribution >= 4 is 16.7 Å². The Labute approximate surface area is 106 Å². The third-order valence-corrected chi connectivity index (χ3v) is 3.69. The van der Waals surface area contributed by atoms with Gasteiger partial charge < -0.3 is 9.30 Å². The molecule has 0 radical (unpaired) electrons. The lowest BCUT2D eigenvalue weighted by molar-refractivity contribution is 0.0462. The van der Waals surface area contributed by atoms with Crippen molar-refractivity contribution in [2.24, 2.45) is 13.0 Å². The van der Waals surface area contributed by atoms with Gasteiger partial charge in [-0.15, -0.1) is 0 Å². The van der Waals surface area contributed by atoms with Crippen molar-refractivity contribution in [1.82, 2.24) is 4.57 Å². The molecule has 18 heavy (non-hydrogen) atoms. The Hall–Kier alpha value is -1.61. The molecule has 1 unspecified atom stereocenters. The fraction of sp³-hybridized carbons (Fsp3) is 0.400. The highest BCUT2D eigenvalue weighted by molar-refractivity contribution is 6.09. The van der Waals surface area contributed by atoms with Crippen LogP contribution in [0.2, 0.25) is 0 Å². The number of aryl methyl sites for hydroxylation is 1. The van der Waals surface area contributed by atoms with E-state index in [1.54, 1.807) is 0 Å². The number of Topliss-reactive ketones (excluding diaryl/α,β-unsaturated/α-hetero) is 1. The van der Waals surface area contributed by atoms with E-state index in [-0.39, 0.29) is 11.7 Å². The van der Waals surface area contributed by atoms with Crippen LogP contribution in [0, 0.1) is 5.92 Å². The number of hydrogen-bond donors (Lipinski definition) is 0. The first-order chi connectivity index (χ1) is 8.77. The van der Waals surface area contributed by atoms with Crippen LogP contribution in [0.1, 0.15) is 23.2 Å². The van der Waals surface area contributed by atoms with E-state index in [1.807, 2.05) is 42.1 Å². The summed E-state index contributed by atoms with van der Waals surface area (Å²) in [6, 6.07) is 8.05. The zero-order chi connectivity index (χ0) is 12.5. The summed E-state index contributed by atoms with van der Waals surface area (Å²) in [5.74, 6) is 0.260. The van der Waals surface area contributed by atoms with Crippen LogP contribution in [0.25, 0.3) is 10.9 Å². The van der Waals surface area contributed by atoms with Crippen LogP contribution in [0.5, 0.6) is 0 Å². The van der Waals surface area contributed by atoms with Crippen molar-refractivity contribution in [3.8, 4) is 0 Å². The van der Waals surface area contributed by atoms with Gasteiger partial charge >= 0.3 is 0 Å². The highest BCUT2D eigenvalue weighted by Crippen LogP contribution is 2.26. The average molecular weight is 243 g/mol. The lowest BCUT2D eigenvalue weighted by Crippen LogP contribution is -2.25. The van der Waals surface area contributed by atoms with Crippen LogP contribution >= 0.6 is 0 Å². The van der Waals surface area contributed by atoms with Crippen LogP contribution < -0.4 is 0 Å². The van der Waals surface area contributed by atoms with Crippen LogP contribution in [0.4, 0.5) is 0 Å². The van der Waals surface area contributed by atoms with Gasteiger partial charge in [-0.25, -0.2) is 0 Å². The Morgan fingerprint density at radius 1 is 1.39 bits per heavy atom. The highest BCUT2D eigenvalue weighted by Gasteiger charge is 2.25. The number of ether oxygens (including phenoxy) is 1. The Morgan fingerprint density at radius 3 is 3.00 bits per heavy atom. The Bertz CT molecular complexity index is 579. The maximum atomic E-state index is 12.5. The lowest BCUT2D eigenvalue weighted by Gasteiger charge is -2.20. The molecule has 3 heteroatoms. The molecule has 0 bridgehead atoms. The van der Waals surface area contributed by atoms with Crippen molar-refractivity contribution in [1.29, 1.82) is 0 Å². The minimum absolute atomic E-state index is 0.0320. The lowest BCUT2D eigenvalue weighted by atomic mass is 9.92. The molecule has 0 amide bonds. The third kappa shape index (κ3) is 1.85. The number of para-hydroxylation sites is 1. The maximum absolute atomic E-state index is 12.5. The molecule has 1 aromatic heterocycles. The largest absolute Gasteiger partial charge is 0.381 e. The molecule has 0 aliphatic carbocycles. The number of hydrogen-bond acceptors (Lipinski definition) is 2. The van der Waals surface area contributed by atoms with Crippen molar-refractivity contribution in [3.05, 3.63) is 36.0 Å². The van der Waals surface area contributed by atoms with Gasteiger partial charge in [0, 0.05) is 42.2 Å². The fourth-order valence-electron chi connectivity index (χ4n) is 2.71. The molecule has 3 nitrogen and oxygen atoms in total. The van der Waals surface area contributed by atoms with Gasteiger partial charge in [0.1, 0.15) is 0 Å². The smallest absolute Gasteiger partial charge is 0.170 e. The molecular formula is C15H17NO2. The highest BCUT2D eigenvalue weighted by atomic mass is 16.5. The topological polar surface area (TPSA) is 31.2 Å². The third-order valence-electron chi connectivity index (χ3n) is 3.69. The molecule has 2 aromatic rings. The van der Waals surface area contributed by atoms with E-state index in [2.05, 4.69) is 0 Å². The van der Waals surface area contributed by atoms with Crippen LogP contribution in [0.15, 0.2) is 30.5 Å². The Morgan fingerprint density at radius 2 is 2.22 bits per heavy atom. The summed E-state index contributed by atoms with van der Waals surface area (Å²) in [6.07, 6.45) is 3.88. The van der Waals surface area contributed by atoms with E-state index in [0.29, 0.717) is 6.61 Å². The van der Waals surface area contributed by atoms with Crippen LogP contribution in [-0.2, 0) is 11.8 Å². The van der Waals surface area contributed by atoms with Gasteiger partial charge in [0.2, 0.25) is 0 Å². The SMILES string of the molecule is Cn1cc(C(=O)C2CCCOC2)c2ccccc21. The zero-order valence-corrected chi connectivity index (χ0v) is 10.6. The van der Waals surface area contributed by atoms with Gasteiger partial charge in [-0.2, -0.15) is 0 Å². The molecule has 1 saturated heterocycles. The molecule has 3 rings (SSSR count). The minimum atomic E-state index is 0.0320. The normalized spacial score (nSPS) is 20.2. The van der Waals surface area contributed by atoms with Crippen molar-refractivity contribution < 1.29 is 9.53 Å². The van der Waals surface area contributed by atoms with Gasteiger partial charge in [0.05, 0.1) is 6.61 Å². The van der Waals surface area contributed by atoms with Gasteiger partial charge in [-0.05, 0) is 18.9 Å². The second kappa shape index (κ2) is 4.58. The number of carbonyl (C=O) groups excluding carboxylic acids is 1. The summed E-state index contributed by atoms with van der Waals surface area (Å²) in [6.45, 7) is 1.36. The zero-order valence-electron chi connectivity index (χ0n) is 10.6. The van der Waals surface area contributed by atoms with Gasteiger partial charge in [-0.3, -0.25) is 4.79 Å². The average Bonchev–Trinajstić information content (AvgIpc) is 2.77. The van der Waals surface area contributed by atoms with Crippen molar-refractivity contribution in [3.63, 3.8) is 0 Å². The van der Waals surface area contributed by atoms with Gasteiger partial charge in [0.15, 0.2) is 5.78 Å². The molecule has 1 aromatic carbocycles. The number of aromatic nitrogens is 1. The van der Waals surface area contributed by atoms with E-state index in [1.165, 1.54) is 0 Å². The van der Waals surface area contributed by atoms with E-state index in [4.69, 9.17) is 4.74 Å². The molecule has 94 valence electrons. The standard InChI is InChI=1S/C15H17NO2/c1-16-9-13(12-6-2-3-7-14(12)16)15(17)11-5-4-8-18-10-11/h2-3,6-7,9,11H,4-5,8,10H2,1H3.